The van der Waals surface area contributed by atoms with Crippen LogP contribution in [0.5, 0.6) is 0 Å². The number of carboxylic acid groups (broad SMARTS) is 1. The van der Waals surface area contributed by atoms with Crippen molar-refractivity contribution in [2.75, 3.05) is 11.9 Å². The first-order valence-electron chi connectivity index (χ1n) is 12.1. The third-order valence-electron chi connectivity index (χ3n) is 6.94. The van der Waals surface area contributed by atoms with Gasteiger partial charge in [0, 0.05) is 29.4 Å². The molecule has 36 heavy (non-hydrogen) atoms. The number of aromatic nitrogens is 2. The van der Waals surface area contributed by atoms with Crippen LogP contribution in [-0.2, 0) is 0 Å². The van der Waals surface area contributed by atoms with E-state index in [1.807, 2.05) is 20.8 Å². The number of anilines is 1. The van der Waals surface area contributed by atoms with Gasteiger partial charge in [0.05, 0.1) is 28.6 Å². The lowest BCUT2D eigenvalue weighted by Crippen LogP contribution is -2.61. The standard InChI is InChI=1S/C27H28F2N4O3/c1-27(2,3)23-21(29)19(10-11-33(23)26(35)36)31-24-17-9-8-16(28)12-18(17)20-22(32-24)15(13-30-25(20)34)7-6-14-4-5-14/h8-9,12-14,19,21,23H,4-5,10-11H2,1-3H3,(H,30,34)(H,31,32)(H,35,36). The maximum atomic E-state index is 15.9. The second kappa shape index (κ2) is 8.77. The lowest BCUT2D eigenvalue weighted by atomic mass is 9.78. The normalized spacial score (nSPS) is 22.4. The third kappa shape index (κ3) is 4.36. The molecule has 2 aromatic heterocycles. The highest BCUT2D eigenvalue weighted by Crippen LogP contribution is 2.37. The van der Waals surface area contributed by atoms with Crippen molar-refractivity contribution in [2.24, 2.45) is 11.3 Å². The van der Waals surface area contributed by atoms with Gasteiger partial charge in [-0.25, -0.2) is 18.6 Å². The SMILES string of the molecule is CC(C)(C)C1C(F)C(Nc2nc3c(C#CC4CC4)c[nH]c(=O)c3c3cc(F)ccc23)CCN1C(=O)O. The number of halogens is 2. The molecule has 7 nitrogen and oxygen atoms in total. The molecule has 188 valence electrons. The number of nitrogens with one attached hydrogen (secondary N) is 2. The molecule has 0 spiro atoms. The van der Waals surface area contributed by atoms with Crippen LogP contribution >= 0.6 is 0 Å². The van der Waals surface area contributed by atoms with Crippen molar-refractivity contribution in [1.82, 2.24) is 14.9 Å². The molecular formula is C27H28F2N4O3. The van der Waals surface area contributed by atoms with Gasteiger partial charge in [-0.3, -0.25) is 4.79 Å². The van der Waals surface area contributed by atoms with Gasteiger partial charge in [-0.15, -0.1) is 0 Å². The molecule has 1 saturated carbocycles. The van der Waals surface area contributed by atoms with Crippen LogP contribution in [0.4, 0.5) is 19.4 Å². The fourth-order valence-corrected chi connectivity index (χ4v) is 5.06. The molecule has 2 fully saturated rings. The summed E-state index contributed by atoms with van der Waals surface area (Å²) in [5, 5.41) is 13.9. The van der Waals surface area contributed by atoms with Crippen molar-refractivity contribution in [2.45, 2.75) is 58.3 Å². The van der Waals surface area contributed by atoms with Gasteiger partial charge in [-0.05, 0) is 42.9 Å². The first-order valence-corrected chi connectivity index (χ1v) is 12.1. The number of H-pyrrole nitrogens is 1. The topological polar surface area (TPSA) is 98.3 Å². The second-order valence-electron chi connectivity index (χ2n) is 10.7. The maximum absolute atomic E-state index is 15.9. The van der Waals surface area contributed by atoms with Crippen molar-refractivity contribution in [3.63, 3.8) is 0 Å². The van der Waals surface area contributed by atoms with Crippen LogP contribution in [0.25, 0.3) is 21.7 Å². The Hall–Kier alpha value is -3.67. The molecule has 1 aliphatic heterocycles. The quantitative estimate of drug-likeness (QED) is 0.348. The Morgan fingerprint density at radius 3 is 2.67 bits per heavy atom. The van der Waals surface area contributed by atoms with E-state index in [9.17, 15) is 19.1 Å². The Morgan fingerprint density at radius 2 is 2.00 bits per heavy atom. The minimum absolute atomic E-state index is 0.160. The highest BCUT2D eigenvalue weighted by atomic mass is 19.1. The van der Waals surface area contributed by atoms with Crippen LogP contribution in [0.3, 0.4) is 0 Å². The first kappa shape index (κ1) is 24.0. The predicted octanol–water partition coefficient (Wildman–Crippen LogP) is 4.89. The summed E-state index contributed by atoms with van der Waals surface area (Å²) in [4.78, 5) is 33.2. The van der Waals surface area contributed by atoms with Crippen LogP contribution < -0.4 is 10.9 Å². The van der Waals surface area contributed by atoms with E-state index in [-0.39, 0.29) is 18.4 Å². The summed E-state index contributed by atoms with van der Waals surface area (Å²) in [6, 6.07) is 2.46. The highest BCUT2D eigenvalue weighted by molar-refractivity contribution is 6.10. The summed E-state index contributed by atoms with van der Waals surface area (Å²) in [7, 11) is 0. The summed E-state index contributed by atoms with van der Waals surface area (Å²) in [5.41, 5.74) is -0.226. The summed E-state index contributed by atoms with van der Waals surface area (Å²) in [6.07, 6.45) is 1.12. The van der Waals surface area contributed by atoms with E-state index >= 15 is 4.39 Å². The molecule has 0 radical (unpaired) electrons. The number of likely N-dealkylation sites (tertiary alicyclic amines) is 1. The average Bonchev–Trinajstić information content (AvgIpc) is 3.63. The molecule has 1 aliphatic carbocycles. The van der Waals surface area contributed by atoms with E-state index < -0.39 is 41.1 Å². The number of hydrogen-bond acceptors (Lipinski definition) is 4. The summed E-state index contributed by atoms with van der Waals surface area (Å²) in [6.45, 7) is 5.59. The number of pyridine rings is 2. The molecular weight excluding hydrogens is 466 g/mol. The molecule has 0 bridgehead atoms. The number of piperidine rings is 1. The maximum Gasteiger partial charge on any atom is 0.407 e. The van der Waals surface area contributed by atoms with E-state index in [4.69, 9.17) is 4.98 Å². The summed E-state index contributed by atoms with van der Waals surface area (Å²) in [5.74, 6) is 6.37. The molecule has 1 amide bonds. The van der Waals surface area contributed by atoms with Gasteiger partial charge in [-0.2, -0.15) is 0 Å². The van der Waals surface area contributed by atoms with Gasteiger partial charge in [0.15, 0.2) is 0 Å². The molecule has 9 heteroatoms. The number of benzene rings is 1. The van der Waals surface area contributed by atoms with Crippen molar-refractivity contribution in [3.05, 3.63) is 46.1 Å². The summed E-state index contributed by atoms with van der Waals surface area (Å²) >= 11 is 0. The first-order chi connectivity index (χ1) is 17.0. The molecule has 1 saturated heterocycles. The number of aromatic amines is 1. The molecule has 3 heterocycles. The summed E-state index contributed by atoms with van der Waals surface area (Å²) < 4.78 is 30.2. The zero-order valence-electron chi connectivity index (χ0n) is 20.4. The van der Waals surface area contributed by atoms with Crippen LogP contribution in [0.1, 0.15) is 45.6 Å². The van der Waals surface area contributed by atoms with Crippen molar-refractivity contribution in [1.29, 1.82) is 0 Å². The molecule has 2 aliphatic rings. The number of hydrogen-bond donors (Lipinski definition) is 3. The van der Waals surface area contributed by atoms with Crippen molar-refractivity contribution >= 4 is 33.6 Å². The Morgan fingerprint density at radius 1 is 1.25 bits per heavy atom. The minimum Gasteiger partial charge on any atom is -0.465 e. The number of rotatable bonds is 2. The molecule has 3 N–H and O–H groups in total. The van der Waals surface area contributed by atoms with E-state index in [1.165, 1.54) is 24.4 Å². The van der Waals surface area contributed by atoms with Gasteiger partial charge in [0.2, 0.25) is 0 Å². The highest BCUT2D eigenvalue weighted by Gasteiger charge is 2.46. The van der Waals surface area contributed by atoms with Crippen LogP contribution in [0, 0.1) is 29.0 Å². The molecule has 5 rings (SSSR count). The van der Waals surface area contributed by atoms with E-state index in [0.717, 1.165) is 17.7 Å². The van der Waals surface area contributed by atoms with Gasteiger partial charge < -0.3 is 20.3 Å². The van der Waals surface area contributed by atoms with Crippen LogP contribution in [0.2, 0.25) is 0 Å². The number of fused-ring (bicyclic) bond motifs is 3. The molecule has 1 aromatic carbocycles. The van der Waals surface area contributed by atoms with E-state index in [0.29, 0.717) is 33.6 Å². The Balaban J connectivity index is 1.64. The van der Waals surface area contributed by atoms with Crippen LogP contribution in [0.15, 0.2) is 29.2 Å². The van der Waals surface area contributed by atoms with E-state index in [2.05, 4.69) is 22.1 Å². The van der Waals surface area contributed by atoms with Crippen molar-refractivity contribution in [3.8, 4) is 11.8 Å². The fourth-order valence-electron chi connectivity index (χ4n) is 5.06. The monoisotopic (exact) mass is 494 g/mol. The van der Waals surface area contributed by atoms with Crippen LogP contribution in [-0.4, -0.2) is 50.9 Å². The lowest BCUT2D eigenvalue weighted by molar-refractivity contribution is 0.00166. The fraction of sp³-hybridized carbons (Fsp3) is 0.444. The van der Waals surface area contributed by atoms with Gasteiger partial charge >= 0.3 is 6.09 Å². The predicted molar refractivity (Wildman–Crippen MR) is 134 cm³/mol. The Bertz CT molecular complexity index is 1480. The Kier molecular flexibility index (Phi) is 5.86. The third-order valence-corrected chi connectivity index (χ3v) is 6.94. The van der Waals surface area contributed by atoms with E-state index in [1.54, 1.807) is 0 Å². The van der Waals surface area contributed by atoms with Gasteiger partial charge in [0.1, 0.15) is 17.8 Å². The minimum atomic E-state index is -1.52. The largest absolute Gasteiger partial charge is 0.465 e. The lowest BCUT2D eigenvalue weighted by Gasteiger charge is -2.47. The zero-order chi connectivity index (χ0) is 25.8. The smallest absolute Gasteiger partial charge is 0.407 e. The number of amides is 1. The van der Waals surface area contributed by atoms with Gasteiger partial charge in [-0.1, -0.05) is 32.6 Å². The number of nitrogens with zero attached hydrogens (tertiary/aromatic N) is 2. The zero-order valence-corrected chi connectivity index (χ0v) is 20.4. The molecule has 3 unspecified atom stereocenters. The Labute approximate surface area is 206 Å². The molecule has 3 atom stereocenters. The molecule has 3 aromatic rings. The average molecular weight is 495 g/mol. The number of alkyl halides is 1. The second-order valence-corrected chi connectivity index (χ2v) is 10.7. The van der Waals surface area contributed by atoms with Crippen molar-refractivity contribution < 1.29 is 18.7 Å². The number of carbonyl (C=O) groups is 1. The van der Waals surface area contributed by atoms with Gasteiger partial charge in [0.25, 0.3) is 5.56 Å².